The molecule has 3 heteroatoms. The highest BCUT2D eigenvalue weighted by Gasteiger charge is 2.07. The average molecular weight is 257 g/mol. The Balaban J connectivity index is 2.33. The van der Waals surface area contributed by atoms with Gasteiger partial charge in [-0.2, -0.15) is 0 Å². The van der Waals surface area contributed by atoms with Gasteiger partial charge in [0.05, 0.1) is 5.52 Å². The fourth-order valence-electron chi connectivity index (χ4n) is 2.34. The smallest absolute Gasteiger partial charge is 0.0727 e. The molecule has 3 nitrogen and oxygen atoms in total. The van der Waals surface area contributed by atoms with E-state index in [1.807, 2.05) is 25.1 Å². The fourth-order valence-corrected chi connectivity index (χ4v) is 2.34. The van der Waals surface area contributed by atoms with Crippen LogP contribution in [0.25, 0.3) is 10.9 Å². The number of nitrogens with one attached hydrogen (secondary N) is 1. The van der Waals surface area contributed by atoms with Gasteiger partial charge in [-0.15, -0.1) is 0 Å². The van der Waals surface area contributed by atoms with Gasteiger partial charge in [0, 0.05) is 28.5 Å². The van der Waals surface area contributed by atoms with Crippen molar-refractivity contribution in [3.8, 4) is 0 Å². The largest absolute Gasteiger partial charge is 0.399 e. The number of fused-ring (bicyclic) bond motifs is 1. The Labute approximate surface area is 115 Å². The number of anilines is 2. The number of aromatic nitrogens is 1. The Morgan fingerprint density at radius 2 is 2.11 bits per heavy atom. The SMILES string of the molecule is CCCCC(C)Nc1cc(C)nc2ccc(N)cc12. The summed E-state index contributed by atoms with van der Waals surface area (Å²) < 4.78 is 0. The number of unbranched alkanes of at least 4 members (excludes halogenated alkanes) is 1. The number of aryl methyl sites for hydroxylation is 1. The first-order chi connectivity index (χ1) is 9.10. The Hall–Kier alpha value is -1.77. The molecule has 0 amide bonds. The van der Waals surface area contributed by atoms with Crippen molar-refractivity contribution in [1.29, 1.82) is 0 Å². The third-order valence-electron chi connectivity index (χ3n) is 3.35. The Morgan fingerprint density at radius 3 is 2.84 bits per heavy atom. The summed E-state index contributed by atoms with van der Waals surface area (Å²) in [5, 5.41) is 4.70. The normalized spacial score (nSPS) is 12.6. The van der Waals surface area contributed by atoms with Crippen LogP contribution in [-0.2, 0) is 0 Å². The number of hydrogen-bond acceptors (Lipinski definition) is 3. The van der Waals surface area contributed by atoms with Crippen molar-refractivity contribution in [3.05, 3.63) is 30.0 Å². The highest BCUT2D eigenvalue weighted by molar-refractivity contribution is 5.93. The molecular formula is C16H23N3. The minimum absolute atomic E-state index is 0.464. The lowest BCUT2D eigenvalue weighted by Crippen LogP contribution is -2.15. The van der Waals surface area contributed by atoms with E-state index in [4.69, 9.17) is 5.73 Å². The topological polar surface area (TPSA) is 50.9 Å². The van der Waals surface area contributed by atoms with E-state index in [2.05, 4.69) is 30.2 Å². The lowest BCUT2D eigenvalue weighted by Gasteiger charge is -2.17. The monoisotopic (exact) mass is 257 g/mol. The van der Waals surface area contributed by atoms with Crippen molar-refractivity contribution < 1.29 is 0 Å². The van der Waals surface area contributed by atoms with Crippen LogP contribution >= 0.6 is 0 Å². The molecule has 0 aliphatic rings. The molecule has 19 heavy (non-hydrogen) atoms. The third kappa shape index (κ3) is 3.37. The first-order valence-corrected chi connectivity index (χ1v) is 7.03. The lowest BCUT2D eigenvalue weighted by molar-refractivity contribution is 0.645. The third-order valence-corrected chi connectivity index (χ3v) is 3.35. The molecule has 1 heterocycles. The first kappa shape index (κ1) is 13.7. The van der Waals surface area contributed by atoms with Crippen molar-refractivity contribution in [2.75, 3.05) is 11.1 Å². The molecule has 0 fully saturated rings. The van der Waals surface area contributed by atoms with Gasteiger partial charge in [0.2, 0.25) is 0 Å². The number of benzene rings is 1. The number of nitrogens with two attached hydrogens (primary N) is 1. The lowest BCUT2D eigenvalue weighted by atomic mass is 10.1. The Kier molecular flexibility index (Phi) is 4.25. The quantitative estimate of drug-likeness (QED) is 0.792. The molecule has 2 rings (SSSR count). The van der Waals surface area contributed by atoms with E-state index in [1.165, 1.54) is 19.3 Å². The average Bonchev–Trinajstić information content (AvgIpc) is 2.37. The van der Waals surface area contributed by atoms with Crippen LogP contribution in [0.4, 0.5) is 11.4 Å². The van der Waals surface area contributed by atoms with Crippen LogP contribution in [0, 0.1) is 6.92 Å². The standard InChI is InChI=1S/C16H23N3/c1-4-5-6-11(2)18-16-9-12(3)19-15-8-7-13(17)10-14(15)16/h7-11H,4-6,17H2,1-3H3,(H,18,19). The molecule has 1 aromatic heterocycles. The van der Waals surface area contributed by atoms with Gasteiger partial charge in [0.15, 0.2) is 0 Å². The maximum absolute atomic E-state index is 5.89. The molecule has 0 aliphatic carbocycles. The molecule has 0 bridgehead atoms. The number of pyridine rings is 1. The van der Waals surface area contributed by atoms with E-state index in [9.17, 15) is 0 Å². The van der Waals surface area contributed by atoms with Gasteiger partial charge in [-0.25, -0.2) is 0 Å². The zero-order chi connectivity index (χ0) is 13.8. The number of nitrogen functional groups attached to an aromatic ring is 1. The van der Waals surface area contributed by atoms with E-state index >= 15 is 0 Å². The van der Waals surface area contributed by atoms with E-state index in [-0.39, 0.29) is 0 Å². The molecule has 0 aliphatic heterocycles. The summed E-state index contributed by atoms with van der Waals surface area (Å²) in [6, 6.07) is 8.45. The molecule has 0 saturated heterocycles. The summed E-state index contributed by atoms with van der Waals surface area (Å²) in [6.45, 7) is 6.47. The minimum Gasteiger partial charge on any atom is -0.399 e. The van der Waals surface area contributed by atoms with Gasteiger partial charge in [0.25, 0.3) is 0 Å². The number of hydrogen-bond donors (Lipinski definition) is 2. The summed E-state index contributed by atoms with van der Waals surface area (Å²) in [6.07, 6.45) is 3.66. The van der Waals surface area contributed by atoms with Gasteiger partial charge in [0.1, 0.15) is 0 Å². The van der Waals surface area contributed by atoms with Crippen molar-refractivity contribution in [3.63, 3.8) is 0 Å². The molecule has 1 atom stereocenters. The van der Waals surface area contributed by atoms with Crippen LogP contribution in [0.3, 0.4) is 0 Å². The Bertz CT molecular complexity index is 563. The molecule has 1 unspecified atom stereocenters. The van der Waals surface area contributed by atoms with Crippen molar-refractivity contribution in [2.45, 2.75) is 46.1 Å². The molecule has 2 aromatic rings. The first-order valence-electron chi connectivity index (χ1n) is 7.03. The van der Waals surface area contributed by atoms with Gasteiger partial charge in [-0.3, -0.25) is 4.98 Å². The predicted molar refractivity (Wildman–Crippen MR) is 83.5 cm³/mol. The van der Waals surface area contributed by atoms with Gasteiger partial charge in [-0.05, 0) is 44.5 Å². The summed E-state index contributed by atoms with van der Waals surface area (Å²) in [5.41, 5.74) is 9.83. The molecule has 0 spiro atoms. The highest BCUT2D eigenvalue weighted by atomic mass is 14.9. The van der Waals surface area contributed by atoms with Crippen molar-refractivity contribution >= 4 is 22.3 Å². The van der Waals surface area contributed by atoms with Gasteiger partial charge >= 0.3 is 0 Å². The van der Waals surface area contributed by atoms with Crippen LogP contribution < -0.4 is 11.1 Å². The molecule has 1 aromatic carbocycles. The van der Waals surface area contributed by atoms with Crippen molar-refractivity contribution in [2.24, 2.45) is 0 Å². The molecule has 3 N–H and O–H groups in total. The van der Waals surface area contributed by atoms with E-state index in [1.54, 1.807) is 0 Å². The van der Waals surface area contributed by atoms with Gasteiger partial charge < -0.3 is 11.1 Å². The van der Waals surface area contributed by atoms with Crippen molar-refractivity contribution in [1.82, 2.24) is 4.98 Å². The maximum Gasteiger partial charge on any atom is 0.0727 e. The maximum atomic E-state index is 5.89. The molecule has 0 radical (unpaired) electrons. The second-order valence-electron chi connectivity index (χ2n) is 5.28. The Morgan fingerprint density at radius 1 is 1.32 bits per heavy atom. The van der Waals surface area contributed by atoms with Crippen LogP contribution in [0.15, 0.2) is 24.3 Å². The minimum atomic E-state index is 0.464. The van der Waals surface area contributed by atoms with E-state index in [0.29, 0.717) is 6.04 Å². The summed E-state index contributed by atoms with van der Waals surface area (Å²) in [5.74, 6) is 0. The van der Waals surface area contributed by atoms with Crippen LogP contribution in [0.2, 0.25) is 0 Å². The van der Waals surface area contributed by atoms with Gasteiger partial charge in [-0.1, -0.05) is 19.8 Å². The zero-order valence-corrected chi connectivity index (χ0v) is 12.0. The fraction of sp³-hybridized carbons (Fsp3) is 0.438. The number of rotatable bonds is 5. The second kappa shape index (κ2) is 5.91. The van der Waals surface area contributed by atoms with Crippen LogP contribution in [0.1, 0.15) is 38.8 Å². The summed E-state index contributed by atoms with van der Waals surface area (Å²) >= 11 is 0. The molecular weight excluding hydrogens is 234 g/mol. The molecule has 102 valence electrons. The highest BCUT2D eigenvalue weighted by Crippen LogP contribution is 2.26. The van der Waals surface area contributed by atoms with E-state index < -0.39 is 0 Å². The van der Waals surface area contributed by atoms with Crippen LogP contribution in [-0.4, -0.2) is 11.0 Å². The predicted octanol–water partition coefficient (Wildman–Crippen LogP) is 4.12. The molecule has 0 saturated carbocycles. The zero-order valence-electron chi connectivity index (χ0n) is 12.0. The van der Waals surface area contributed by atoms with E-state index in [0.717, 1.165) is 28.0 Å². The summed E-state index contributed by atoms with van der Waals surface area (Å²) in [7, 11) is 0. The second-order valence-corrected chi connectivity index (χ2v) is 5.28. The van der Waals surface area contributed by atoms with Crippen LogP contribution in [0.5, 0.6) is 0 Å². The summed E-state index contributed by atoms with van der Waals surface area (Å²) in [4.78, 5) is 4.55. The number of nitrogens with zero attached hydrogens (tertiary/aromatic N) is 1.